The zero-order valence-corrected chi connectivity index (χ0v) is 17.6. The number of benzene rings is 3. The molecule has 0 spiro atoms. The Morgan fingerprint density at radius 3 is 2.42 bits per heavy atom. The molecule has 31 heavy (non-hydrogen) atoms. The van der Waals surface area contributed by atoms with Crippen LogP contribution < -0.4 is 10.1 Å². The van der Waals surface area contributed by atoms with Gasteiger partial charge in [0.15, 0.2) is 12.2 Å². The Balaban J connectivity index is 1.40. The smallest absolute Gasteiger partial charge is 0.262 e. The number of rotatable bonds is 5. The predicted octanol–water partition coefficient (Wildman–Crippen LogP) is 5.95. The van der Waals surface area contributed by atoms with Crippen molar-refractivity contribution in [3.8, 4) is 17.2 Å². The molecule has 1 amide bonds. The van der Waals surface area contributed by atoms with Crippen molar-refractivity contribution in [2.24, 2.45) is 0 Å². The van der Waals surface area contributed by atoms with Gasteiger partial charge in [-0.05, 0) is 65.6 Å². The topological polar surface area (TPSA) is 64.4 Å². The highest BCUT2D eigenvalue weighted by Crippen LogP contribution is 2.27. The van der Waals surface area contributed by atoms with Gasteiger partial charge < -0.3 is 14.5 Å². The van der Waals surface area contributed by atoms with Crippen molar-refractivity contribution in [1.82, 2.24) is 4.98 Å². The SMILES string of the molecule is CC(C)(C)c1ccc(OCC(=O)Nc2ccc3oc(-c4ccc(F)cc4)nc3c2)cc1. The molecule has 4 rings (SSSR count). The molecule has 0 saturated carbocycles. The lowest BCUT2D eigenvalue weighted by Crippen LogP contribution is -2.20. The van der Waals surface area contributed by atoms with E-state index in [2.05, 4.69) is 31.1 Å². The highest BCUT2D eigenvalue weighted by Gasteiger charge is 2.14. The minimum atomic E-state index is -0.322. The number of carbonyl (C=O) groups excluding carboxylic acids is 1. The van der Waals surface area contributed by atoms with E-state index in [1.807, 2.05) is 24.3 Å². The average Bonchev–Trinajstić information content (AvgIpc) is 3.16. The zero-order valence-electron chi connectivity index (χ0n) is 17.6. The molecule has 6 heteroatoms. The summed E-state index contributed by atoms with van der Waals surface area (Å²) in [5.41, 5.74) is 3.69. The number of anilines is 1. The van der Waals surface area contributed by atoms with Gasteiger partial charge in [-0.15, -0.1) is 0 Å². The molecule has 0 aliphatic carbocycles. The van der Waals surface area contributed by atoms with Crippen molar-refractivity contribution >= 4 is 22.7 Å². The molecule has 0 fully saturated rings. The lowest BCUT2D eigenvalue weighted by molar-refractivity contribution is -0.118. The maximum absolute atomic E-state index is 13.1. The second-order valence-electron chi connectivity index (χ2n) is 8.32. The van der Waals surface area contributed by atoms with E-state index in [-0.39, 0.29) is 23.7 Å². The summed E-state index contributed by atoms with van der Waals surface area (Å²) in [6.07, 6.45) is 0. The standard InChI is InChI=1S/C25H23FN2O3/c1-25(2,3)17-6-11-20(12-7-17)30-15-23(29)27-19-10-13-22-21(14-19)28-24(31-22)16-4-8-18(26)9-5-16/h4-14H,15H2,1-3H3,(H,27,29). The van der Waals surface area contributed by atoms with E-state index in [9.17, 15) is 9.18 Å². The molecule has 0 aliphatic heterocycles. The first kappa shape index (κ1) is 20.6. The van der Waals surface area contributed by atoms with Crippen molar-refractivity contribution in [3.05, 3.63) is 78.1 Å². The van der Waals surface area contributed by atoms with Crippen LogP contribution in [0.4, 0.5) is 10.1 Å². The third-order valence-corrected chi connectivity index (χ3v) is 4.85. The van der Waals surface area contributed by atoms with Crippen LogP contribution in [-0.2, 0) is 10.2 Å². The number of hydrogen-bond donors (Lipinski definition) is 1. The Morgan fingerprint density at radius 1 is 1.03 bits per heavy atom. The van der Waals surface area contributed by atoms with Crippen LogP contribution in [0.3, 0.4) is 0 Å². The van der Waals surface area contributed by atoms with Crippen LogP contribution in [-0.4, -0.2) is 17.5 Å². The second-order valence-corrected chi connectivity index (χ2v) is 8.32. The molecule has 4 aromatic rings. The highest BCUT2D eigenvalue weighted by molar-refractivity contribution is 5.94. The summed E-state index contributed by atoms with van der Waals surface area (Å²) in [4.78, 5) is 16.7. The highest BCUT2D eigenvalue weighted by atomic mass is 19.1. The molecule has 0 bridgehead atoms. The number of carbonyl (C=O) groups is 1. The van der Waals surface area contributed by atoms with Crippen molar-refractivity contribution in [2.45, 2.75) is 26.2 Å². The molecule has 1 N–H and O–H groups in total. The van der Waals surface area contributed by atoms with Crippen LogP contribution in [0.15, 0.2) is 71.1 Å². The molecular weight excluding hydrogens is 395 g/mol. The number of hydrogen-bond acceptors (Lipinski definition) is 4. The molecular formula is C25H23FN2O3. The summed E-state index contributed by atoms with van der Waals surface area (Å²) >= 11 is 0. The molecule has 0 atom stereocenters. The van der Waals surface area contributed by atoms with Crippen LogP contribution in [0, 0.1) is 5.82 Å². The molecule has 0 radical (unpaired) electrons. The first-order chi connectivity index (χ1) is 14.8. The largest absolute Gasteiger partial charge is 0.484 e. The molecule has 0 unspecified atom stereocenters. The van der Waals surface area contributed by atoms with Gasteiger partial charge in [0.1, 0.15) is 17.1 Å². The van der Waals surface area contributed by atoms with Crippen LogP contribution in [0.5, 0.6) is 5.75 Å². The van der Waals surface area contributed by atoms with Gasteiger partial charge in [-0.3, -0.25) is 4.79 Å². The van der Waals surface area contributed by atoms with Gasteiger partial charge in [0.25, 0.3) is 5.91 Å². The third kappa shape index (κ3) is 4.91. The van der Waals surface area contributed by atoms with Gasteiger partial charge in [-0.2, -0.15) is 0 Å². The van der Waals surface area contributed by atoms with Gasteiger partial charge >= 0.3 is 0 Å². The van der Waals surface area contributed by atoms with Gasteiger partial charge in [-0.1, -0.05) is 32.9 Å². The Hall–Kier alpha value is -3.67. The van der Waals surface area contributed by atoms with Gasteiger partial charge in [-0.25, -0.2) is 9.37 Å². The minimum Gasteiger partial charge on any atom is -0.484 e. The maximum Gasteiger partial charge on any atom is 0.262 e. The fourth-order valence-corrected chi connectivity index (χ4v) is 3.12. The van der Waals surface area contributed by atoms with Gasteiger partial charge in [0, 0.05) is 11.3 Å². The lowest BCUT2D eigenvalue weighted by atomic mass is 9.87. The average molecular weight is 418 g/mol. The summed E-state index contributed by atoms with van der Waals surface area (Å²) in [5.74, 6) is 0.429. The van der Waals surface area contributed by atoms with Crippen LogP contribution in [0.25, 0.3) is 22.6 Å². The quantitative estimate of drug-likeness (QED) is 0.435. The third-order valence-electron chi connectivity index (χ3n) is 4.85. The molecule has 1 heterocycles. The Morgan fingerprint density at radius 2 is 1.74 bits per heavy atom. The van der Waals surface area contributed by atoms with Crippen molar-refractivity contribution < 1.29 is 18.3 Å². The molecule has 3 aromatic carbocycles. The molecule has 5 nitrogen and oxygen atoms in total. The van der Waals surface area contributed by atoms with E-state index in [0.717, 1.165) is 0 Å². The summed E-state index contributed by atoms with van der Waals surface area (Å²) in [7, 11) is 0. The zero-order chi connectivity index (χ0) is 22.0. The molecule has 0 saturated heterocycles. The number of nitrogens with one attached hydrogen (secondary N) is 1. The van der Waals surface area contributed by atoms with E-state index in [0.29, 0.717) is 34.0 Å². The fourth-order valence-electron chi connectivity index (χ4n) is 3.12. The number of nitrogens with zero attached hydrogens (tertiary/aromatic N) is 1. The van der Waals surface area contributed by atoms with Gasteiger partial charge in [0.05, 0.1) is 0 Å². The van der Waals surface area contributed by atoms with E-state index >= 15 is 0 Å². The summed E-state index contributed by atoms with van der Waals surface area (Å²) in [6, 6.07) is 18.9. The van der Waals surface area contributed by atoms with E-state index in [1.165, 1.54) is 17.7 Å². The maximum atomic E-state index is 13.1. The number of aromatic nitrogens is 1. The molecule has 1 aromatic heterocycles. The van der Waals surface area contributed by atoms with Crippen LogP contribution >= 0.6 is 0 Å². The normalized spacial score (nSPS) is 11.5. The Labute approximate surface area is 179 Å². The number of ether oxygens (including phenoxy) is 1. The van der Waals surface area contributed by atoms with Crippen molar-refractivity contribution in [3.63, 3.8) is 0 Å². The Bertz CT molecular complexity index is 1210. The number of halogens is 1. The van der Waals surface area contributed by atoms with E-state index in [4.69, 9.17) is 9.15 Å². The molecule has 0 aliphatic rings. The first-order valence-corrected chi connectivity index (χ1v) is 9.98. The van der Waals surface area contributed by atoms with Crippen LogP contribution in [0.1, 0.15) is 26.3 Å². The predicted molar refractivity (Wildman–Crippen MR) is 119 cm³/mol. The monoisotopic (exact) mass is 418 g/mol. The lowest BCUT2D eigenvalue weighted by Gasteiger charge is -2.19. The molecule has 158 valence electrons. The van der Waals surface area contributed by atoms with Gasteiger partial charge in [0.2, 0.25) is 5.89 Å². The summed E-state index contributed by atoms with van der Waals surface area (Å²) in [5, 5.41) is 2.80. The first-order valence-electron chi connectivity index (χ1n) is 9.98. The number of fused-ring (bicyclic) bond motifs is 1. The number of oxazole rings is 1. The number of amides is 1. The minimum absolute atomic E-state index is 0.0617. The van der Waals surface area contributed by atoms with Crippen LogP contribution in [0.2, 0.25) is 0 Å². The summed E-state index contributed by atoms with van der Waals surface area (Å²) in [6.45, 7) is 6.33. The van der Waals surface area contributed by atoms with Crippen molar-refractivity contribution in [2.75, 3.05) is 11.9 Å². The second kappa shape index (κ2) is 8.22. The van der Waals surface area contributed by atoms with E-state index in [1.54, 1.807) is 30.3 Å². The summed E-state index contributed by atoms with van der Waals surface area (Å²) < 4.78 is 24.4. The fraction of sp³-hybridized carbons (Fsp3) is 0.200. The van der Waals surface area contributed by atoms with E-state index < -0.39 is 0 Å². The Kier molecular flexibility index (Phi) is 5.46. The van der Waals surface area contributed by atoms with Crippen molar-refractivity contribution in [1.29, 1.82) is 0 Å².